The Labute approximate surface area is 269 Å². The zero-order valence-corrected chi connectivity index (χ0v) is 27.6. The van der Waals surface area contributed by atoms with Crippen LogP contribution in [0, 0.1) is 0 Å². The summed E-state index contributed by atoms with van der Waals surface area (Å²) in [7, 11) is -2.68. The third kappa shape index (κ3) is 9.13. The fourth-order valence-electron chi connectivity index (χ4n) is 4.20. The van der Waals surface area contributed by atoms with Gasteiger partial charge < -0.3 is 18.9 Å². The van der Waals surface area contributed by atoms with E-state index < -0.39 is 10.0 Å². The third-order valence-electron chi connectivity index (χ3n) is 6.52. The fraction of sp³-hybridized carbons (Fsp3) is 0.364. The molecule has 12 nitrogen and oxygen atoms in total. The van der Waals surface area contributed by atoms with Gasteiger partial charge in [-0.25, -0.2) is 23.4 Å². The van der Waals surface area contributed by atoms with E-state index in [4.69, 9.17) is 18.9 Å². The molecule has 46 heavy (non-hydrogen) atoms. The molecule has 2 aromatic heterocycles. The van der Waals surface area contributed by atoms with Gasteiger partial charge in [-0.15, -0.1) is 0 Å². The van der Waals surface area contributed by atoms with Crippen LogP contribution in [-0.4, -0.2) is 54.1 Å². The van der Waals surface area contributed by atoms with E-state index in [-0.39, 0.29) is 70.3 Å². The lowest BCUT2D eigenvalue weighted by atomic mass is 9.87. The molecule has 0 aliphatic rings. The number of ether oxygens (including phenoxy) is 4. The van der Waals surface area contributed by atoms with E-state index in [0.717, 1.165) is 5.56 Å². The van der Waals surface area contributed by atoms with Gasteiger partial charge in [-0.1, -0.05) is 45.0 Å². The number of esters is 1. The molecule has 2 aromatic carbocycles. The van der Waals surface area contributed by atoms with E-state index in [2.05, 4.69) is 24.7 Å². The molecule has 0 saturated carbocycles. The molecule has 4 rings (SSSR count). The number of aromatic nitrogens is 4. The van der Waals surface area contributed by atoms with Crippen LogP contribution < -0.4 is 18.9 Å². The summed E-state index contributed by atoms with van der Waals surface area (Å²) < 4.78 is 52.9. The number of carbonyl (C=O) groups excluding carboxylic acids is 1. The minimum absolute atomic E-state index is 0.00395. The topological polar surface area (TPSA) is 152 Å². The number of rotatable bonds is 14. The van der Waals surface area contributed by atoms with Gasteiger partial charge in [0, 0.05) is 18.8 Å². The Morgan fingerprint density at radius 3 is 2.20 bits per heavy atom. The van der Waals surface area contributed by atoms with E-state index in [9.17, 15) is 13.2 Å². The first-order valence-electron chi connectivity index (χ1n) is 14.8. The van der Waals surface area contributed by atoms with Crippen LogP contribution in [0.15, 0.2) is 71.9 Å². The summed E-state index contributed by atoms with van der Waals surface area (Å²) >= 11 is 0. The first kappa shape index (κ1) is 34.1. The Bertz CT molecular complexity index is 1730. The molecule has 13 heteroatoms. The number of anilines is 1. The quantitative estimate of drug-likeness (QED) is 0.120. The second-order valence-electron chi connectivity index (χ2n) is 11.6. The van der Waals surface area contributed by atoms with Gasteiger partial charge >= 0.3 is 5.97 Å². The van der Waals surface area contributed by atoms with Crippen molar-refractivity contribution in [3.8, 4) is 34.8 Å². The fourth-order valence-corrected chi connectivity index (χ4v) is 5.20. The summed E-state index contributed by atoms with van der Waals surface area (Å²) in [5.41, 5.74) is 0.814. The molecule has 2 heterocycles. The highest BCUT2D eigenvalue weighted by Crippen LogP contribution is 2.41. The Kier molecular flexibility index (Phi) is 11.1. The van der Waals surface area contributed by atoms with Crippen molar-refractivity contribution in [3.05, 3.63) is 72.6 Å². The van der Waals surface area contributed by atoms with Gasteiger partial charge in [0.05, 0.1) is 24.7 Å². The summed E-state index contributed by atoms with van der Waals surface area (Å²) in [6.07, 6.45) is 4.03. The number of sulfonamides is 1. The van der Waals surface area contributed by atoms with Gasteiger partial charge in [-0.3, -0.25) is 9.52 Å². The van der Waals surface area contributed by atoms with Crippen LogP contribution >= 0.6 is 0 Å². The molecule has 0 amide bonds. The number of carbonyl (C=O) groups is 1. The van der Waals surface area contributed by atoms with Crippen LogP contribution in [-0.2, 0) is 25.0 Å². The molecule has 0 fully saturated rings. The van der Waals surface area contributed by atoms with Crippen LogP contribution in [0.25, 0.3) is 11.6 Å². The Balaban J connectivity index is 1.75. The van der Waals surface area contributed by atoms with E-state index >= 15 is 0 Å². The van der Waals surface area contributed by atoms with Crippen molar-refractivity contribution >= 4 is 21.8 Å². The van der Waals surface area contributed by atoms with Crippen molar-refractivity contribution in [2.24, 2.45) is 0 Å². The Morgan fingerprint density at radius 1 is 0.891 bits per heavy atom. The van der Waals surface area contributed by atoms with Crippen molar-refractivity contribution in [3.63, 3.8) is 0 Å². The Hall–Kier alpha value is -4.78. The van der Waals surface area contributed by atoms with E-state index in [1.165, 1.54) is 31.6 Å². The maximum absolute atomic E-state index is 13.7. The number of nitrogens with one attached hydrogen (secondary N) is 1. The molecule has 244 valence electrons. The van der Waals surface area contributed by atoms with Crippen molar-refractivity contribution in [1.29, 1.82) is 0 Å². The molecular formula is C33H39N5O7S. The largest absolute Gasteiger partial charge is 0.493 e. The molecule has 1 N–H and O–H groups in total. The van der Waals surface area contributed by atoms with Crippen LogP contribution in [0.3, 0.4) is 0 Å². The maximum Gasteiger partial charge on any atom is 0.306 e. The molecule has 0 atom stereocenters. The monoisotopic (exact) mass is 649 g/mol. The standard InChI is InChI=1S/C33H39N5O7S/c1-22(2)44-27(39)14-9-10-21-43-32-28(45-26-13-8-7-12-25(26)42-6)29(36-31(37-32)30-34-19-11-20-35-30)38-46(40,41)24-17-15-23(16-18-24)33(3,4)5/h7-8,11-13,15-20,22H,9-10,14,21H2,1-6H3,(H,36,37,38). The van der Waals surface area contributed by atoms with E-state index in [1.807, 2.05) is 20.8 Å². The van der Waals surface area contributed by atoms with Gasteiger partial charge in [0.15, 0.2) is 23.1 Å². The number of para-hydroxylation sites is 2. The lowest BCUT2D eigenvalue weighted by Gasteiger charge is -2.20. The summed E-state index contributed by atoms with van der Waals surface area (Å²) in [5, 5.41) is 0. The van der Waals surface area contributed by atoms with Crippen LogP contribution in [0.1, 0.15) is 59.4 Å². The summed E-state index contributed by atoms with van der Waals surface area (Å²) in [5.74, 6) is 0.151. The summed E-state index contributed by atoms with van der Waals surface area (Å²) in [6.45, 7) is 9.85. The SMILES string of the molecule is COc1ccccc1Oc1c(NS(=O)(=O)c2ccc(C(C)(C)C)cc2)nc(-c2ncccn2)nc1OCCCCC(=O)OC(C)C. The van der Waals surface area contributed by atoms with Gasteiger partial charge in [0.1, 0.15) is 0 Å². The second kappa shape index (κ2) is 15.0. The van der Waals surface area contributed by atoms with Gasteiger partial charge in [-0.2, -0.15) is 4.98 Å². The lowest BCUT2D eigenvalue weighted by molar-refractivity contribution is -0.147. The van der Waals surface area contributed by atoms with Crippen molar-refractivity contribution in [2.75, 3.05) is 18.4 Å². The van der Waals surface area contributed by atoms with Crippen molar-refractivity contribution in [1.82, 2.24) is 19.9 Å². The predicted octanol–water partition coefficient (Wildman–Crippen LogP) is 6.33. The number of hydrogen-bond donors (Lipinski definition) is 1. The van der Waals surface area contributed by atoms with Gasteiger partial charge in [0.2, 0.25) is 11.6 Å². The minimum atomic E-state index is -4.17. The first-order chi connectivity index (χ1) is 21.9. The van der Waals surface area contributed by atoms with Crippen molar-refractivity contribution < 1.29 is 32.2 Å². The highest BCUT2D eigenvalue weighted by molar-refractivity contribution is 7.92. The molecule has 0 unspecified atom stereocenters. The normalized spacial score (nSPS) is 11.6. The first-order valence-corrected chi connectivity index (χ1v) is 16.3. The Morgan fingerprint density at radius 2 is 1.57 bits per heavy atom. The molecule has 0 radical (unpaired) electrons. The van der Waals surface area contributed by atoms with Gasteiger partial charge in [-0.05, 0) is 68.0 Å². The zero-order chi connectivity index (χ0) is 33.3. The molecule has 0 aliphatic carbocycles. The molecule has 0 saturated heterocycles. The molecule has 0 bridgehead atoms. The highest BCUT2D eigenvalue weighted by Gasteiger charge is 2.26. The second-order valence-corrected chi connectivity index (χ2v) is 13.3. The number of hydrogen-bond acceptors (Lipinski definition) is 11. The molecule has 0 spiro atoms. The van der Waals surface area contributed by atoms with E-state index in [1.54, 1.807) is 56.3 Å². The molecular weight excluding hydrogens is 610 g/mol. The van der Waals surface area contributed by atoms with Crippen LogP contribution in [0.2, 0.25) is 0 Å². The maximum atomic E-state index is 13.7. The predicted molar refractivity (Wildman–Crippen MR) is 173 cm³/mol. The molecule has 4 aromatic rings. The van der Waals surface area contributed by atoms with Crippen molar-refractivity contribution in [2.45, 2.75) is 70.3 Å². The smallest absolute Gasteiger partial charge is 0.306 e. The average Bonchev–Trinajstić information content (AvgIpc) is 3.02. The molecule has 0 aliphatic heterocycles. The minimum Gasteiger partial charge on any atom is -0.493 e. The average molecular weight is 650 g/mol. The number of nitrogens with zero attached hydrogens (tertiary/aromatic N) is 4. The zero-order valence-electron chi connectivity index (χ0n) is 26.8. The summed E-state index contributed by atoms with van der Waals surface area (Å²) in [6, 6.07) is 15.1. The number of benzene rings is 2. The summed E-state index contributed by atoms with van der Waals surface area (Å²) in [4.78, 5) is 29.5. The van der Waals surface area contributed by atoms with Crippen LogP contribution in [0.5, 0.6) is 23.1 Å². The number of methoxy groups -OCH3 is 1. The third-order valence-corrected chi connectivity index (χ3v) is 7.88. The lowest BCUT2D eigenvalue weighted by Crippen LogP contribution is -2.17. The highest BCUT2D eigenvalue weighted by atomic mass is 32.2. The van der Waals surface area contributed by atoms with Crippen LogP contribution in [0.4, 0.5) is 5.82 Å². The van der Waals surface area contributed by atoms with Gasteiger partial charge in [0.25, 0.3) is 15.9 Å². The van der Waals surface area contributed by atoms with E-state index in [0.29, 0.717) is 18.6 Å². The number of unbranched alkanes of at least 4 members (excludes halogenated alkanes) is 1.